The van der Waals surface area contributed by atoms with Gasteiger partial charge < -0.3 is 19.7 Å². The molecule has 0 radical (unpaired) electrons. The van der Waals surface area contributed by atoms with Gasteiger partial charge in [-0.25, -0.2) is 0 Å². The lowest BCUT2D eigenvalue weighted by atomic mass is 10.1. The minimum Gasteiger partial charge on any atom is -0.508 e. The molecule has 1 aliphatic heterocycles. The Hall–Kier alpha value is -2.28. The molecule has 0 amide bonds. The number of piperazine rings is 1. The summed E-state index contributed by atoms with van der Waals surface area (Å²) in [6.45, 7) is 4.62. The standard InChI is InChI=1S/C22H30N2O4/c1-27-21-11-18(12-22(13-21)28-2)15-24-9-8-23(16-19(24)7-10-25)14-17-3-5-20(26)6-4-17/h3-6,11-13,19,25-26H,7-10,14-16H2,1-2H3. The minimum absolute atomic E-state index is 0.176. The van der Waals surface area contributed by atoms with Crippen LogP contribution in [0.4, 0.5) is 0 Å². The summed E-state index contributed by atoms with van der Waals surface area (Å²) in [6.07, 6.45) is 0.743. The summed E-state index contributed by atoms with van der Waals surface area (Å²) in [5.41, 5.74) is 2.33. The second-order valence-corrected chi connectivity index (χ2v) is 7.26. The highest BCUT2D eigenvalue weighted by Crippen LogP contribution is 2.25. The molecule has 152 valence electrons. The molecule has 0 aliphatic carbocycles. The van der Waals surface area contributed by atoms with Gasteiger partial charge in [-0.2, -0.15) is 0 Å². The molecule has 28 heavy (non-hydrogen) atoms. The Morgan fingerprint density at radius 3 is 2.21 bits per heavy atom. The molecule has 0 bridgehead atoms. The number of nitrogens with zero attached hydrogens (tertiary/aromatic N) is 2. The van der Waals surface area contributed by atoms with Crippen LogP contribution in [-0.4, -0.2) is 66.5 Å². The van der Waals surface area contributed by atoms with Crippen LogP contribution in [0, 0.1) is 0 Å². The van der Waals surface area contributed by atoms with Crippen LogP contribution in [0.25, 0.3) is 0 Å². The molecule has 0 saturated carbocycles. The summed E-state index contributed by atoms with van der Waals surface area (Å²) in [5, 5.41) is 19.0. The van der Waals surface area contributed by atoms with E-state index in [4.69, 9.17) is 9.47 Å². The number of methoxy groups -OCH3 is 2. The van der Waals surface area contributed by atoms with Crippen molar-refractivity contribution in [3.05, 3.63) is 53.6 Å². The molecule has 2 N–H and O–H groups in total. The molecule has 1 unspecified atom stereocenters. The van der Waals surface area contributed by atoms with E-state index in [0.29, 0.717) is 5.75 Å². The van der Waals surface area contributed by atoms with Crippen molar-refractivity contribution in [1.29, 1.82) is 0 Å². The number of benzene rings is 2. The fourth-order valence-corrected chi connectivity index (χ4v) is 3.78. The lowest BCUT2D eigenvalue weighted by Gasteiger charge is -2.41. The van der Waals surface area contributed by atoms with Gasteiger partial charge in [0.2, 0.25) is 0 Å². The Labute approximate surface area is 166 Å². The number of aromatic hydroxyl groups is 1. The lowest BCUT2D eigenvalue weighted by Crippen LogP contribution is -2.52. The van der Waals surface area contributed by atoms with Crippen molar-refractivity contribution in [2.45, 2.75) is 25.6 Å². The first-order valence-electron chi connectivity index (χ1n) is 9.68. The van der Waals surface area contributed by atoms with E-state index in [1.54, 1.807) is 26.4 Å². The van der Waals surface area contributed by atoms with Crippen molar-refractivity contribution in [1.82, 2.24) is 9.80 Å². The number of aliphatic hydroxyl groups excluding tert-OH is 1. The average Bonchev–Trinajstić information content (AvgIpc) is 2.71. The molecule has 1 saturated heterocycles. The van der Waals surface area contributed by atoms with Crippen molar-refractivity contribution in [2.75, 3.05) is 40.5 Å². The maximum Gasteiger partial charge on any atom is 0.122 e. The predicted molar refractivity (Wildman–Crippen MR) is 109 cm³/mol. The van der Waals surface area contributed by atoms with Gasteiger partial charge in [0.25, 0.3) is 0 Å². The van der Waals surface area contributed by atoms with Crippen LogP contribution >= 0.6 is 0 Å². The van der Waals surface area contributed by atoms with E-state index in [1.807, 2.05) is 30.3 Å². The van der Waals surface area contributed by atoms with Gasteiger partial charge in [0.05, 0.1) is 14.2 Å². The zero-order valence-corrected chi connectivity index (χ0v) is 16.7. The van der Waals surface area contributed by atoms with Crippen molar-refractivity contribution < 1.29 is 19.7 Å². The summed E-state index contributed by atoms with van der Waals surface area (Å²) in [7, 11) is 3.32. The van der Waals surface area contributed by atoms with E-state index >= 15 is 0 Å². The largest absolute Gasteiger partial charge is 0.508 e. The number of phenols is 1. The fraction of sp³-hybridized carbons (Fsp3) is 0.455. The maximum atomic E-state index is 9.56. The van der Waals surface area contributed by atoms with Crippen LogP contribution in [-0.2, 0) is 13.1 Å². The monoisotopic (exact) mass is 386 g/mol. The number of rotatable bonds is 8. The van der Waals surface area contributed by atoms with Crippen LogP contribution < -0.4 is 9.47 Å². The van der Waals surface area contributed by atoms with E-state index in [-0.39, 0.29) is 12.6 Å². The molecule has 1 atom stereocenters. The maximum absolute atomic E-state index is 9.56. The van der Waals surface area contributed by atoms with Crippen LogP contribution in [0.2, 0.25) is 0 Å². The van der Waals surface area contributed by atoms with E-state index in [1.165, 1.54) is 5.56 Å². The number of hydrogen-bond acceptors (Lipinski definition) is 6. The Morgan fingerprint density at radius 1 is 0.929 bits per heavy atom. The number of hydrogen-bond donors (Lipinski definition) is 2. The molecule has 6 heteroatoms. The van der Waals surface area contributed by atoms with E-state index in [9.17, 15) is 10.2 Å². The summed E-state index contributed by atoms with van der Waals surface area (Å²) in [5.74, 6) is 1.87. The zero-order valence-electron chi connectivity index (χ0n) is 16.7. The van der Waals surface area contributed by atoms with Crippen molar-refractivity contribution >= 4 is 0 Å². The predicted octanol–water partition coefficient (Wildman–Crippen LogP) is 2.48. The number of ether oxygens (including phenoxy) is 2. The molecule has 1 heterocycles. The van der Waals surface area contributed by atoms with Gasteiger partial charge in [-0.15, -0.1) is 0 Å². The molecular formula is C22H30N2O4. The molecule has 0 aromatic heterocycles. The molecule has 1 aliphatic rings. The van der Waals surface area contributed by atoms with Crippen LogP contribution in [0.1, 0.15) is 17.5 Å². The first kappa shape index (κ1) is 20.5. The van der Waals surface area contributed by atoms with E-state index < -0.39 is 0 Å². The van der Waals surface area contributed by atoms with Crippen molar-refractivity contribution in [3.8, 4) is 17.2 Å². The summed E-state index contributed by atoms with van der Waals surface area (Å²) in [6, 6.07) is 13.6. The lowest BCUT2D eigenvalue weighted by molar-refractivity contribution is 0.0499. The first-order chi connectivity index (χ1) is 13.6. The molecule has 2 aromatic rings. The quantitative estimate of drug-likeness (QED) is 0.727. The Morgan fingerprint density at radius 2 is 1.61 bits per heavy atom. The average molecular weight is 386 g/mol. The van der Waals surface area contributed by atoms with Gasteiger partial charge in [0, 0.05) is 51.4 Å². The highest BCUT2D eigenvalue weighted by molar-refractivity contribution is 5.38. The molecule has 2 aromatic carbocycles. The van der Waals surface area contributed by atoms with Gasteiger partial charge in [-0.05, 0) is 41.8 Å². The van der Waals surface area contributed by atoms with E-state index in [0.717, 1.165) is 56.2 Å². The van der Waals surface area contributed by atoms with Gasteiger partial charge in [-0.3, -0.25) is 9.80 Å². The summed E-state index contributed by atoms with van der Waals surface area (Å²) in [4.78, 5) is 4.84. The van der Waals surface area contributed by atoms with Crippen molar-refractivity contribution in [3.63, 3.8) is 0 Å². The topological polar surface area (TPSA) is 65.4 Å². The molecule has 0 spiro atoms. The minimum atomic E-state index is 0.176. The summed E-state index contributed by atoms with van der Waals surface area (Å²) >= 11 is 0. The van der Waals surface area contributed by atoms with E-state index in [2.05, 4.69) is 9.80 Å². The van der Waals surface area contributed by atoms with Crippen LogP contribution in [0.3, 0.4) is 0 Å². The Bertz CT molecular complexity index is 728. The van der Waals surface area contributed by atoms with Gasteiger partial charge in [0.15, 0.2) is 0 Å². The molecule has 6 nitrogen and oxygen atoms in total. The molecular weight excluding hydrogens is 356 g/mol. The normalized spacial score (nSPS) is 18.2. The second-order valence-electron chi connectivity index (χ2n) is 7.26. The highest BCUT2D eigenvalue weighted by atomic mass is 16.5. The summed E-state index contributed by atoms with van der Waals surface area (Å²) < 4.78 is 10.8. The first-order valence-corrected chi connectivity index (χ1v) is 9.68. The fourth-order valence-electron chi connectivity index (χ4n) is 3.78. The smallest absolute Gasteiger partial charge is 0.122 e. The third-order valence-corrected chi connectivity index (χ3v) is 5.29. The Kier molecular flexibility index (Phi) is 7.14. The second kappa shape index (κ2) is 9.78. The number of aliphatic hydroxyl groups is 1. The zero-order chi connectivity index (χ0) is 19.9. The van der Waals surface area contributed by atoms with Crippen LogP contribution in [0.5, 0.6) is 17.2 Å². The highest BCUT2D eigenvalue weighted by Gasteiger charge is 2.27. The molecule has 1 fully saturated rings. The van der Waals surface area contributed by atoms with Gasteiger partial charge >= 0.3 is 0 Å². The molecule has 3 rings (SSSR count). The Balaban J connectivity index is 1.66. The number of phenolic OH excluding ortho intramolecular Hbond substituents is 1. The third-order valence-electron chi connectivity index (χ3n) is 5.29. The van der Waals surface area contributed by atoms with Gasteiger partial charge in [-0.1, -0.05) is 12.1 Å². The third kappa shape index (κ3) is 5.38. The SMILES string of the molecule is COc1cc(CN2CCN(Cc3ccc(O)cc3)CC2CCO)cc(OC)c1. The van der Waals surface area contributed by atoms with Crippen LogP contribution in [0.15, 0.2) is 42.5 Å². The van der Waals surface area contributed by atoms with Gasteiger partial charge in [0.1, 0.15) is 17.2 Å². The van der Waals surface area contributed by atoms with Crippen molar-refractivity contribution in [2.24, 2.45) is 0 Å².